The second kappa shape index (κ2) is 8.79. The van der Waals surface area contributed by atoms with Crippen molar-refractivity contribution in [2.75, 3.05) is 0 Å². The summed E-state index contributed by atoms with van der Waals surface area (Å²) in [4.78, 5) is 11.4. The number of benzene rings is 2. The van der Waals surface area contributed by atoms with E-state index in [-0.39, 0.29) is 28.9 Å². The molecule has 1 heterocycles. The number of aryl methyl sites for hydroxylation is 1. The van der Waals surface area contributed by atoms with Crippen LogP contribution in [-0.4, -0.2) is 39.6 Å². The van der Waals surface area contributed by atoms with Gasteiger partial charge in [-0.1, -0.05) is 54.4 Å². The van der Waals surface area contributed by atoms with Crippen molar-refractivity contribution in [1.29, 1.82) is 0 Å². The summed E-state index contributed by atoms with van der Waals surface area (Å²) in [5.41, 5.74) is 1.82. The largest absolute Gasteiger partial charge is 0.490 e. The molecule has 0 saturated heterocycles. The SMILES string of the molecule is O=C(O)c1ccc2c(c1)O[C@H]1C[C@@H](O)[C@H](/C=C/C(O)C3(c4ccccc4Cl)CCC3)[C@H]1CC2. The highest BCUT2D eigenvalue weighted by molar-refractivity contribution is 6.31. The number of carboxylic acid groups (broad SMARTS) is 1. The van der Waals surface area contributed by atoms with Crippen LogP contribution in [0.4, 0.5) is 0 Å². The maximum Gasteiger partial charge on any atom is 0.335 e. The van der Waals surface area contributed by atoms with E-state index in [1.54, 1.807) is 12.1 Å². The molecule has 1 aliphatic heterocycles. The fourth-order valence-electron chi connectivity index (χ4n) is 5.94. The third kappa shape index (κ3) is 3.96. The number of ether oxygens (including phenoxy) is 1. The molecule has 6 heteroatoms. The molecular weight excluding hydrogens is 440 g/mol. The first-order valence-electron chi connectivity index (χ1n) is 11.7. The Morgan fingerprint density at radius 1 is 1.21 bits per heavy atom. The van der Waals surface area contributed by atoms with Crippen molar-refractivity contribution in [2.45, 2.75) is 62.3 Å². The zero-order valence-electron chi connectivity index (χ0n) is 18.4. The van der Waals surface area contributed by atoms with E-state index in [0.29, 0.717) is 17.2 Å². The van der Waals surface area contributed by atoms with E-state index < -0.39 is 18.2 Å². The van der Waals surface area contributed by atoms with Crippen LogP contribution in [0.2, 0.25) is 5.02 Å². The molecule has 0 radical (unpaired) electrons. The molecule has 5 nitrogen and oxygen atoms in total. The second-order valence-electron chi connectivity index (χ2n) is 9.69. The van der Waals surface area contributed by atoms with Gasteiger partial charge in [0.25, 0.3) is 0 Å². The average molecular weight is 469 g/mol. The van der Waals surface area contributed by atoms with Gasteiger partial charge in [0.05, 0.1) is 17.8 Å². The van der Waals surface area contributed by atoms with E-state index >= 15 is 0 Å². The van der Waals surface area contributed by atoms with E-state index in [2.05, 4.69) is 0 Å². The van der Waals surface area contributed by atoms with Gasteiger partial charge in [0, 0.05) is 28.7 Å². The van der Waals surface area contributed by atoms with Crippen LogP contribution < -0.4 is 4.74 Å². The van der Waals surface area contributed by atoms with Gasteiger partial charge in [-0.25, -0.2) is 4.79 Å². The van der Waals surface area contributed by atoms with Crippen LogP contribution >= 0.6 is 11.6 Å². The Morgan fingerprint density at radius 3 is 2.70 bits per heavy atom. The van der Waals surface area contributed by atoms with Crippen molar-refractivity contribution in [3.63, 3.8) is 0 Å². The number of aliphatic hydroxyl groups excluding tert-OH is 2. The quantitative estimate of drug-likeness (QED) is 0.550. The summed E-state index contributed by atoms with van der Waals surface area (Å²) >= 11 is 6.47. The Hall–Kier alpha value is -2.34. The van der Waals surface area contributed by atoms with Crippen LogP contribution in [0.1, 0.15) is 53.6 Å². The van der Waals surface area contributed by atoms with Gasteiger partial charge in [-0.3, -0.25) is 0 Å². The second-order valence-corrected chi connectivity index (χ2v) is 10.1. The minimum absolute atomic E-state index is 0.0989. The van der Waals surface area contributed by atoms with Crippen LogP contribution in [0.15, 0.2) is 54.6 Å². The maximum atomic E-state index is 11.4. The van der Waals surface area contributed by atoms with Crippen LogP contribution in [0.3, 0.4) is 0 Å². The first-order valence-corrected chi connectivity index (χ1v) is 12.1. The molecule has 0 amide bonds. The fourth-order valence-corrected chi connectivity index (χ4v) is 6.27. The predicted molar refractivity (Wildman–Crippen MR) is 126 cm³/mol. The molecule has 2 aliphatic carbocycles. The molecule has 2 fully saturated rings. The van der Waals surface area contributed by atoms with Crippen LogP contribution in [-0.2, 0) is 11.8 Å². The number of halogens is 1. The summed E-state index contributed by atoms with van der Waals surface area (Å²) in [6.07, 6.45) is 7.29. The van der Waals surface area contributed by atoms with E-state index in [4.69, 9.17) is 16.3 Å². The summed E-state index contributed by atoms with van der Waals surface area (Å²) in [5.74, 6) is -0.402. The zero-order valence-corrected chi connectivity index (χ0v) is 19.1. The number of carboxylic acids is 1. The number of carbonyl (C=O) groups is 1. The van der Waals surface area contributed by atoms with Crippen molar-refractivity contribution in [2.24, 2.45) is 11.8 Å². The van der Waals surface area contributed by atoms with Gasteiger partial charge < -0.3 is 20.1 Å². The summed E-state index contributed by atoms with van der Waals surface area (Å²) in [6, 6.07) is 12.8. The molecule has 1 unspecified atom stereocenters. The minimum atomic E-state index is -0.980. The molecular formula is C27H29ClO5. The molecule has 2 aromatic rings. The van der Waals surface area contributed by atoms with E-state index in [1.165, 1.54) is 0 Å². The number of hydrogen-bond acceptors (Lipinski definition) is 4. The van der Waals surface area contributed by atoms with Gasteiger partial charge in [-0.15, -0.1) is 0 Å². The normalized spacial score (nSPS) is 28.8. The van der Waals surface area contributed by atoms with Gasteiger partial charge in [0.2, 0.25) is 0 Å². The lowest BCUT2D eigenvalue weighted by atomic mass is 9.61. The highest BCUT2D eigenvalue weighted by Gasteiger charge is 2.47. The van der Waals surface area contributed by atoms with Gasteiger partial charge in [0.1, 0.15) is 11.9 Å². The number of aromatic carboxylic acids is 1. The van der Waals surface area contributed by atoms with Gasteiger partial charge in [0.15, 0.2) is 0 Å². The molecule has 0 bridgehead atoms. The third-order valence-corrected chi connectivity index (χ3v) is 8.30. The Bertz CT molecular complexity index is 1080. The standard InChI is InChI=1S/C27H29ClO5/c28-21-5-2-1-4-20(21)27(12-3-13-27)25(30)11-10-18-19-9-8-16-6-7-17(26(31)32)14-23(16)33-24(19)15-22(18)29/h1-2,4-7,10-11,14,18-19,22,24-25,29-30H,3,8-9,12-13,15H2,(H,31,32)/b11-10+/t18-,19-,22-,24+,25?/m1/s1. The van der Waals surface area contributed by atoms with Crippen molar-refractivity contribution < 1.29 is 24.9 Å². The number of fused-ring (bicyclic) bond motifs is 2. The molecule has 5 rings (SSSR count). The molecule has 2 saturated carbocycles. The van der Waals surface area contributed by atoms with Gasteiger partial charge in [-0.05, 0) is 55.0 Å². The van der Waals surface area contributed by atoms with E-state index in [9.17, 15) is 20.1 Å². The Labute approximate surface area is 198 Å². The topological polar surface area (TPSA) is 87.0 Å². The fraction of sp³-hybridized carbons (Fsp3) is 0.444. The predicted octanol–water partition coefficient (Wildman–Crippen LogP) is 4.77. The maximum absolute atomic E-state index is 11.4. The molecule has 3 aliphatic rings. The van der Waals surface area contributed by atoms with E-state index in [0.717, 1.165) is 43.2 Å². The molecule has 174 valence electrons. The molecule has 0 spiro atoms. The van der Waals surface area contributed by atoms with Crippen molar-refractivity contribution in [1.82, 2.24) is 0 Å². The Balaban J connectivity index is 1.35. The van der Waals surface area contributed by atoms with Gasteiger partial charge >= 0.3 is 5.97 Å². The van der Waals surface area contributed by atoms with Crippen molar-refractivity contribution in [3.05, 3.63) is 76.3 Å². The van der Waals surface area contributed by atoms with Crippen LogP contribution in [0, 0.1) is 11.8 Å². The lowest BCUT2D eigenvalue weighted by Gasteiger charge is -2.45. The van der Waals surface area contributed by atoms with Crippen LogP contribution in [0.5, 0.6) is 5.75 Å². The average Bonchev–Trinajstić information content (AvgIpc) is 2.93. The summed E-state index contributed by atoms with van der Waals surface area (Å²) < 4.78 is 6.23. The van der Waals surface area contributed by atoms with Crippen molar-refractivity contribution in [3.8, 4) is 5.75 Å². The molecule has 3 N–H and O–H groups in total. The lowest BCUT2D eigenvalue weighted by molar-refractivity contribution is 0.0615. The first-order chi connectivity index (χ1) is 15.9. The Morgan fingerprint density at radius 2 is 2.00 bits per heavy atom. The van der Waals surface area contributed by atoms with Crippen molar-refractivity contribution >= 4 is 17.6 Å². The first kappa shape index (κ1) is 22.5. The zero-order chi connectivity index (χ0) is 23.2. The Kier molecular flexibility index (Phi) is 5.98. The monoisotopic (exact) mass is 468 g/mol. The number of aliphatic hydroxyl groups is 2. The van der Waals surface area contributed by atoms with E-state index in [1.807, 2.05) is 42.5 Å². The molecule has 0 aromatic heterocycles. The summed E-state index contributed by atoms with van der Waals surface area (Å²) in [6.45, 7) is 0. The summed E-state index contributed by atoms with van der Waals surface area (Å²) in [7, 11) is 0. The third-order valence-electron chi connectivity index (χ3n) is 7.97. The smallest absolute Gasteiger partial charge is 0.335 e. The van der Waals surface area contributed by atoms with Gasteiger partial charge in [-0.2, -0.15) is 0 Å². The minimum Gasteiger partial charge on any atom is -0.490 e. The number of hydrogen-bond donors (Lipinski definition) is 3. The number of rotatable bonds is 5. The van der Waals surface area contributed by atoms with Crippen LogP contribution in [0.25, 0.3) is 0 Å². The highest BCUT2D eigenvalue weighted by atomic mass is 35.5. The highest BCUT2D eigenvalue weighted by Crippen LogP contribution is 2.49. The lowest BCUT2D eigenvalue weighted by Crippen LogP contribution is -2.45. The molecule has 2 aromatic carbocycles. The summed E-state index contributed by atoms with van der Waals surface area (Å²) in [5, 5.41) is 32.0. The molecule has 5 atom stereocenters. The molecule has 33 heavy (non-hydrogen) atoms.